The van der Waals surface area contributed by atoms with Crippen LogP contribution in [0.15, 0.2) is 24.3 Å². The van der Waals surface area contributed by atoms with Crippen molar-refractivity contribution < 1.29 is 27.5 Å². The summed E-state index contributed by atoms with van der Waals surface area (Å²) in [5, 5.41) is 7.60. The lowest BCUT2D eigenvalue weighted by Gasteiger charge is -2.37. The molecule has 2 aromatic rings. The number of aryl methyl sites for hydroxylation is 1. The van der Waals surface area contributed by atoms with Crippen LogP contribution < -0.4 is 10.1 Å². The molecule has 200 valence electrons. The quantitative estimate of drug-likeness (QED) is 0.629. The number of ether oxygens (including phenoxy) is 1. The highest BCUT2D eigenvalue weighted by molar-refractivity contribution is 5.97. The lowest BCUT2D eigenvalue weighted by atomic mass is 10.0. The summed E-state index contributed by atoms with van der Waals surface area (Å²) in [6, 6.07) is 6.28. The third kappa shape index (κ3) is 5.76. The molecule has 2 amide bonds. The van der Waals surface area contributed by atoms with Crippen molar-refractivity contribution in [1.82, 2.24) is 24.9 Å². The standard InChI is InChI=1S/C26H32F3N5O3/c1-16-23(25(36)32-12-9-20(10-13-32)33-11-8-19(15-33)30-17(2)35)24(18-6-7-18)34(31-16)21-4-3-5-22(14-21)37-26(27,28)29/h3-5,14,18-20H,6-13,15H2,1-2H3,(H,30,35). The minimum absolute atomic E-state index is 0.00532. The monoisotopic (exact) mass is 519 g/mol. The van der Waals surface area contributed by atoms with Crippen LogP contribution in [0.3, 0.4) is 0 Å². The van der Waals surface area contributed by atoms with Gasteiger partial charge in [0.2, 0.25) is 5.91 Å². The third-order valence-electron chi connectivity index (χ3n) is 7.46. The van der Waals surface area contributed by atoms with Gasteiger partial charge >= 0.3 is 6.36 Å². The molecule has 2 saturated heterocycles. The minimum Gasteiger partial charge on any atom is -0.406 e. The zero-order valence-electron chi connectivity index (χ0n) is 21.1. The predicted octanol–water partition coefficient (Wildman–Crippen LogP) is 3.77. The van der Waals surface area contributed by atoms with E-state index in [1.165, 1.54) is 18.2 Å². The number of carbonyl (C=O) groups is 2. The predicted molar refractivity (Wildman–Crippen MR) is 130 cm³/mol. The molecule has 0 radical (unpaired) electrons. The Kier molecular flexibility index (Phi) is 6.91. The Hall–Kier alpha value is -3.08. The Morgan fingerprint density at radius 1 is 1.08 bits per heavy atom. The van der Waals surface area contributed by atoms with Gasteiger partial charge < -0.3 is 15.0 Å². The van der Waals surface area contributed by atoms with Crippen molar-refractivity contribution in [2.45, 2.75) is 70.3 Å². The van der Waals surface area contributed by atoms with Gasteiger partial charge in [-0.1, -0.05) is 6.07 Å². The zero-order valence-corrected chi connectivity index (χ0v) is 21.1. The zero-order chi connectivity index (χ0) is 26.3. The summed E-state index contributed by atoms with van der Waals surface area (Å²) in [4.78, 5) is 29.4. The molecule has 1 saturated carbocycles. The van der Waals surface area contributed by atoms with Crippen LogP contribution in [-0.4, -0.2) is 76.0 Å². The number of aromatic nitrogens is 2. The summed E-state index contributed by atoms with van der Waals surface area (Å²) in [5.41, 5.74) is 2.35. The van der Waals surface area contributed by atoms with Crippen molar-refractivity contribution in [3.63, 3.8) is 0 Å². The fraction of sp³-hybridized carbons (Fsp3) is 0.577. The number of benzene rings is 1. The van der Waals surface area contributed by atoms with Crippen molar-refractivity contribution in [1.29, 1.82) is 0 Å². The van der Waals surface area contributed by atoms with Crippen LogP contribution in [-0.2, 0) is 4.79 Å². The Balaban J connectivity index is 1.31. The number of carbonyl (C=O) groups excluding carboxylic acids is 2. The van der Waals surface area contributed by atoms with E-state index in [4.69, 9.17) is 0 Å². The Morgan fingerprint density at radius 3 is 2.46 bits per heavy atom. The van der Waals surface area contributed by atoms with Gasteiger partial charge in [-0.15, -0.1) is 13.2 Å². The number of halogens is 3. The van der Waals surface area contributed by atoms with Gasteiger partial charge in [-0.25, -0.2) is 4.68 Å². The molecule has 3 heterocycles. The van der Waals surface area contributed by atoms with Crippen LogP contribution in [0, 0.1) is 6.92 Å². The van der Waals surface area contributed by atoms with Crippen LogP contribution in [0.25, 0.3) is 5.69 Å². The number of rotatable bonds is 6. The van der Waals surface area contributed by atoms with E-state index in [9.17, 15) is 22.8 Å². The molecular formula is C26H32F3N5O3. The molecule has 0 spiro atoms. The van der Waals surface area contributed by atoms with Crippen LogP contribution in [0.1, 0.15) is 66.7 Å². The first-order chi connectivity index (χ1) is 17.6. The van der Waals surface area contributed by atoms with Gasteiger partial charge in [-0.3, -0.25) is 14.5 Å². The number of likely N-dealkylation sites (tertiary alicyclic amines) is 2. The van der Waals surface area contributed by atoms with Crippen LogP contribution >= 0.6 is 0 Å². The van der Waals surface area contributed by atoms with Gasteiger partial charge in [0.05, 0.1) is 22.6 Å². The van der Waals surface area contributed by atoms with E-state index in [0.29, 0.717) is 36.1 Å². The highest BCUT2D eigenvalue weighted by atomic mass is 19.4. The van der Waals surface area contributed by atoms with Gasteiger partial charge in [-0.05, 0) is 51.2 Å². The van der Waals surface area contributed by atoms with E-state index in [1.807, 2.05) is 4.90 Å². The van der Waals surface area contributed by atoms with E-state index >= 15 is 0 Å². The first-order valence-corrected chi connectivity index (χ1v) is 12.8. The fourth-order valence-electron chi connectivity index (χ4n) is 5.67. The summed E-state index contributed by atoms with van der Waals surface area (Å²) >= 11 is 0. The summed E-state index contributed by atoms with van der Waals surface area (Å²) < 4.78 is 44.0. The van der Waals surface area contributed by atoms with Crippen LogP contribution in [0.2, 0.25) is 0 Å². The maximum atomic E-state index is 13.7. The topological polar surface area (TPSA) is 79.7 Å². The second-order valence-corrected chi connectivity index (χ2v) is 10.3. The largest absolute Gasteiger partial charge is 0.573 e. The van der Waals surface area contributed by atoms with E-state index in [0.717, 1.165) is 50.9 Å². The number of alkyl halides is 3. The number of amides is 2. The summed E-state index contributed by atoms with van der Waals surface area (Å²) in [5.74, 6) is -0.240. The summed E-state index contributed by atoms with van der Waals surface area (Å²) in [7, 11) is 0. The van der Waals surface area contributed by atoms with Crippen molar-refractivity contribution in [2.24, 2.45) is 0 Å². The summed E-state index contributed by atoms with van der Waals surface area (Å²) in [6.45, 7) is 6.37. The molecule has 2 aliphatic heterocycles. The molecule has 3 fully saturated rings. The minimum atomic E-state index is -4.79. The number of nitrogens with one attached hydrogen (secondary N) is 1. The average molecular weight is 520 g/mol. The molecule has 3 aliphatic rings. The molecule has 1 aromatic carbocycles. The Labute approximate surface area is 213 Å². The highest BCUT2D eigenvalue weighted by Crippen LogP contribution is 2.44. The molecular weight excluding hydrogens is 487 g/mol. The molecule has 0 bridgehead atoms. The van der Waals surface area contributed by atoms with E-state index in [2.05, 4.69) is 20.1 Å². The van der Waals surface area contributed by atoms with Gasteiger partial charge in [0, 0.05) is 57.2 Å². The molecule has 1 aromatic heterocycles. The Bertz CT molecular complexity index is 1170. The van der Waals surface area contributed by atoms with E-state index < -0.39 is 6.36 Å². The average Bonchev–Trinajstić information content (AvgIpc) is 3.47. The third-order valence-corrected chi connectivity index (χ3v) is 7.46. The smallest absolute Gasteiger partial charge is 0.406 e. The number of piperidine rings is 1. The normalized spacial score (nSPS) is 21.3. The number of nitrogens with zero attached hydrogens (tertiary/aromatic N) is 4. The van der Waals surface area contributed by atoms with Crippen molar-refractivity contribution in [3.8, 4) is 11.4 Å². The number of hydrogen-bond acceptors (Lipinski definition) is 5. The maximum absolute atomic E-state index is 13.7. The fourth-order valence-corrected chi connectivity index (χ4v) is 5.67. The molecule has 11 heteroatoms. The summed E-state index contributed by atoms with van der Waals surface area (Å²) in [6.07, 6.45) is -0.294. The molecule has 1 aliphatic carbocycles. The second-order valence-electron chi connectivity index (χ2n) is 10.3. The van der Waals surface area contributed by atoms with E-state index in [-0.39, 0.29) is 29.5 Å². The molecule has 8 nitrogen and oxygen atoms in total. The van der Waals surface area contributed by atoms with Crippen LogP contribution in [0.5, 0.6) is 5.75 Å². The highest BCUT2D eigenvalue weighted by Gasteiger charge is 2.38. The SMILES string of the molecule is CC(=O)NC1CCN(C2CCN(C(=O)c3c(C)nn(-c4cccc(OC(F)(F)F)c4)c3C3CC3)CC2)C1. The van der Waals surface area contributed by atoms with E-state index in [1.54, 1.807) is 24.6 Å². The maximum Gasteiger partial charge on any atom is 0.573 e. The van der Waals surface area contributed by atoms with Gasteiger partial charge in [0.15, 0.2) is 0 Å². The van der Waals surface area contributed by atoms with Crippen molar-refractivity contribution in [3.05, 3.63) is 41.2 Å². The lowest BCUT2D eigenvalue weighted by molar-refractivity contribution is -0.274. The van der Waals surface area contributed by atoms with Gasteiger partial charge in [-0.2, -0.15) is 5.10 Å². The Morgan fingerprint density at radius 2 is 1.81 bits per heavy atom. The lowest BCUT2D eigenvalue weighted by Crippen LogP contribution is -2.47. The molecule has 1 atom stereocenters. The molecule has 1 N–H and O–H groups in total. The molecule has 5 rings (SSSR count). The first-order valence-electron chi connectivity index (χ1n) is 12.8. The second kappa shape index (κ2) is 10.00. The van der Waals surface area contributed by atoms with Crippen molar-refractivity contribution >= 4 is 11.8 Å². The van der Waals surface area contributed by atoms with Gasteiger partial charge in [0.25, 0.3) is 5.91 Å². The van der Waals surface area contributed by atoms with Crippen LogP contribution in [0.4, 0.5) is 13.2 Å². The van der Waals surface area contributed by atoms with Gasteiger partial charge in [0.1, 0.15) is 5.75 Å². The number of hydrogen-bond donors (Lipinski definition) is 1. The molecule has 1 unspecified atom stereocenters. The molecule has 37 heavy (non-hydrogen) atoms. The first kappa shape index (κ1) is 25.6. The van der Waals surface area contributed by atoms with Crippen molar-refractivity contribution in [2.75, 3.05) is 26.2 Å².